The number of halogens is 2. The summed E-state index contributed by atoms with van der Waals surface area (Å²) in [4.78, 5) is 37.6. The zero-order valence-electron chi connectivity index (χ0n) is 15.9. The van der Waals surface area contributed by atoms with Crippen molar-refractivity contribution in [2.75, 3.05) is 7.11 Å². The third-order valence-electron chi connectivity index (χ3n) is 3.97. The molecule has 7 nitrogen and oxygen atoms in total. The third-order valence-corrected chi connectivity index (χ3v) is 4.93. The number of Topliss-reactive ketones (excluding diaryl/α,β-unsaturated/α-hetero) is 1. The summed E-state index contributed by atoms with van der Waals surface area (Å²) in [6, 6.07) is 11.7. The molecule has 2 N–H and O–H groups in total. The van der Waals surface area contributed by atoms with Gasteiger partial charge in [0, 0.05) is 11.6 Å². The molecule has 0 radical (unpaired) electrons. The van der Waals surface area contributed by atoms with Crippen LogP contribution >= 0.6 is 11.3 Å². The third kappa shape index (κ3) is 5.43. The molecule has 3 aromatic rings. The predicted molar refractivity (Wildman–Crippen MR) is 109 cm³/mol. The first-order chi connectivity index (χ1) is 14.7. The monoisotopic (exact) mass is 447 g/mol. The molecule has 10 heteroatoms. The average molecular weight is 447 g/mol. The highest BCUT2D eigenvalue weighted by atomic mass is 32.1. The Morgan fingerprint density at radius 2 is 1.84 bits per heavy atom. The van der Waals surface area contributed by atoms with Gasteiger partial charge in [-0.05, 0) is 48.0 Å². The van der Waals surface area contributed by atoms with Gasteiger partial charge in [0.25, 0.3) is 5.56 Å². The molecule has 0 saturated heterocycles. The summed E-state index contributed by atoms with van der Waals surface area (Å²) in [6.07, 6.45) is -1.70. The quantitative estimate of drug-likeness (QED) is 0.537. The number of nitrogens with one attached hydrogen (secondary N) is 1. The topological polar surface area (TPSA) is 106 Å². The van der Waals surface area contributed by atoms with Gasteiger partial charge in [0.2, 0.25) is 0 Å². The van der Waals surface area contributed by atoms with Gasteiger partial charge < -0.3 is 19.6 Å². The number of alkyl halides is 2. The van der Waals surface area contributed by atoms with Gasteiger partial charge in [-0.1, -0.05) is 12.1 Å². The molecule has 0 unspecified atom stereocenters. The van der Waals surface area contributed by atoms with Crippen LogP contribution in [0.25, 0.3) is 12.2 Å². The molecule has 0 atom stereocenters. The second-order valence-corrected chi connectivity index (χ2v) is 7.25. The maximum atomic E-state index is 13.2. The van der Waals surface area contributed by atoms with Crippen LogP contribution in [-0.2, 0) is 4.79 Å². The van der Waals surface area contributed by atoms with Crippen molar-refractivity contribution in [2.24, 2.45) is 0 Å². The SMILES string of the molecule is COc1ccc(C(=O)/C=c2/[nH]c(=O)/c(=C\c3cccc(OC(F)(F)C(=O)O)c3)s2)cc1. The van der Waals surface area contributed by atoms with Gasteiger partial charge in [-0.15, -0.1) is 11.3 Å². The Kier molecular flexibility index (Phi) is 6.30. The van der Waals surface area contributed by atoms with Crippen LogP contribution in [-0.4, -0.2) is 35.1 Å². The van der Waals surface area contributed by atoms with Crippen molar-refractivity contribution in [3.63, 3.8) is 0 Å². The molecular formula is C21H15F2NO6S. The summed E-state index contributed by atoms with van der Waals surface area (Å²) >= 11 is 1.00. The minimum atomic E-state index is -4.39. The summed E-state index contributed by atoms with van der Waals surface area (Å²) in [7, 11) is 1.51. The highest BCUT2D eigenvalue weighted by Gasteiger charge is 2.42. The number of rotatable bonds is 7. The lowest BCUT2D eigenvalue weighted by atomic mass is 10.1. The first-order valence-corrected chi connectivity index (χ1v) is 9.51. The van der Waals surface area contributed by atoms with Gasteiger partial charge in [0.1, 0.15) is 11.5 Å². The van der Waals surface area contributed by atoms with E-state index in [1.165, 1.54) is 43.5 Å². The molecule has 0 fully saturated rings. The Morgan fingerprint density at radius 3 is 2.48 bits per heavy atom. The first kappa shape index (κ1) is 21.9. The van der Waals surface area contributed by atoms with Gasteiger partial charge in [0.15, 0.2) is 5.78 Å². The highest BCUT2D eigenvalue weighted by Crippen LogP contribution is 2.23. The van der Waals surface area contributed by atoms with Crippen LogP contribution in [0, 0.1) is 0 Å². The van der Waals surface area contributed by atoms with Crippen LogP contribution < -0.4 is 24.2 Å². The second kappa shape index (κ2) is 8.92. The van der Waals surface area contributed by atoms with E-state index in [4.69, 9.17) is 9.84 Å². The van der Waals surface area contributed by atoms with E-state index in [1.807, 2.05) is 0 Å². The molecule has 31 heavy (non-hydrogen) atoms. The number of carbonyl (C=O) groups is 2. The number of benzene rings is 2. The second-order valence-electron chi connectivity index (χ2n) is 6.16. The van der Waals surface area contributed by atoms with Gasteiger partial charge in [-0.3, -0.25) is 9.59 Å². The number of aromatic nitrogens is 1. The number of hydrogen-bond acceptors (Lipinski definition) is 6. The number of ketones is 1. The Labute approximate surface area is 177 Å². The molecule has 160 valence electrons. The lowest BCUT2D eigenvalue weighted by Gasteiger charge is -2.13. The standard InChI is InChI=1S/C21H15F2NO6S/c1-29-14-7-5-13(6-8-14)16(25)11-18-24-19(26)17(31-18)10-12-3-2-4-15(9-12)30-21(22,23)20(27)28/h2-11H,1H3,(H,24,26)(H,27,28)/b17-10+,18-11-. The number of aromatic amines is 1. The Morgan fingerprint density at radius 1 is 1.13 bits per heavy atom. The number of methoxy groups -OCH3 is 1. The van der Waals surface area contributed by atoms with Crippen LogP contribution in [0.3, 0.4) is 0 Å². The van der Waals surface area contributed by atoms with Gasteiger partial charge >= 0.3 is 12.1 Å². The van der Waals surface area contributed by atoms with E-state index in [9.17, 15) is 23.2 Å². The van der Waals surface area contributed by atoms with Gasteiger partial charge in [-0.2, -0.15) is 8.78 Å². The molecule has 0 spiro atoms. The summed E-state index contributed by atoms with van der Waals surface area (Å²) in [5, 5.41) is 8.46. The minimum Gasteiger partial charge on any atom is -0.497 e. The number of H-pyrrole nitrogens is 1. The number of carboxylic acid groups (broad SMARTS) is 1. The van der Waals surface area contributed by atoms with Gasteiger partial charge in [0.05, 0.1) is 16.3 Å². The molecule has 0 aliphatic carbocycles. The zero-order valence-corrected chi connectivity index (χ0v) is 16.7. The number of carbonyl (C=O) groups excluding carboxylic acids is 1. The first-order valence-electron chi connectivity index (χ1n) is 8.69. The summed E-state index contributed by atoms with van der Waals surface area (Å²) in [5.74, 6) is -2.52. The van der Waals surface area contributed by atoms with E-state index < -0.39 is 17.6 Å². The molecular weight excluding hydrogens is 432 g/mol. The number of hydrogen-bond donors (Lipinski definition) is 2. The van der Waals surface area contributed by atoms with Crippen molar-refractivity contribution in [3.8, 4) is 11.5 Å². The molecule has 0 bridgehead atoms. The Balaban J connectivity index is 1.89. The molecule has 0 aliphatic heterocycles. The molecule has 0 amide bonds. The van der Waals surface area contributed by atoms with Crippen molar-refractivity contribution in [3.05, 3.63) is 79.2 Å². The number of aliphatic carboxylic acids is 1. The molecule has 1 aromatic heterocycles. The number of thiazole rings is 1. The number of ether oxygens (including phenoxy) is 2. The van der Waals surface area contributed by atoms with Crippen LogP contribution in [0.4, 0.5) is 8.78 Å². The van der Waals surface area contributed by atoms with Crippen LogP contribution in [0.5, 0.6) is 11.5 Å². The highest BCUT2D eigenvalue weighted by molar-refractivity contribution is 7.07. The molecule has 0 saturated carbocycles. The van der Waals surface area contributed by atoms with Crippen molar-refractivity contribution in [1.29, 1.82) is 0 Å². The zero-order chi connectivity index (χ0) is 22.6. The largest absolute Gasteiger partial charge is 0.501 e. The fraction of sp³-hybridized carbons (Fsp3) is 0.0952. The van der Waals surface area contributed by atoms with E-state index >= 15 is 0 Å². The molecule has 2 aromatic carbocycles. The normalized spacial score (nSPS) is 12.6. The van der Waals surface area contributed by atoms with E-state index in [1.54, 1.807) is 24.3 Å². The molecule has 0 aliphatic rings. The fourth-order valence-corrected chi connectivity index (χ4v) is 3.38. The molecule has 3 rings (SSSR count). The lowest BCUT2D eigenvalue weighted by molar-refractivity contribution is -0.210. The van der Waals surface area contributed by atoms with E-state index in [-0.39, 0.29) is 16.1 Å². The van der Waals surface area contributed by atoms with Crippen LogP contribution in [0.15, 0.2) is 53.3 Å². The fourth-order valence-electron chi connectivity index (χ4n) is 2.49. The Hall–Kier alpha value is -3.79. The minimum absolute atomic E-state index is 0.218. The molecule has 1 heterocycles. The van der Waals surface area contributed by atoms with E-state index in [2.05, 4.69) is 9.72 Å². The maximum Gasteiger partial charge on any atom is 0.501 e. The number of carboxylic acids is 1. The summed E-state index contributed by atoms with van der Waals surface area (Å²) in [6.45, 7) is 0. The lowest BCUT2D eigenvalue weighted by Crippen LogP contribution is -2.34. The smallest absolute Gasteiger partial charge is 0.497 e. The van der Waals surface area contributed by atoms with Crippen LogP contribution in [0.2, 0.25) is 0 Å². The maximum absolute atomic E-state index is 13.2. The van der Waals surface area contributed by atoms with Crippen LogP contribution in [0.1, 0.15) is 15.9 Å². The predicted octanol–water partition coefficient (Wildman–Crippen LogP) is 1.99. The van der Waals surface area contributed by atoms with E-state index in [0.717, 1.165) is 11.3 Å². The summed E-state index contributed by atoms with van der Waals surface area (Å²) < 4.78 is 36.2. The Bertz CT molecular complexity index is 1290. The van der Waals surface area contributed by atoms with Crippen molar-refractivity contribution in [2.45, 2.75) is 6.11 Å². The van der Waals surface area contributed by atoms with Gasteiger partial charge in [-0.25, -0.2) is 4.79 Å². The summed E-state index contributed by atoms with van der Waals surface area (Å²) in [5.41, 5.74) is 0.268. The average Bonchev–Trinajstić information content (AvgIpc) is 3.06. The van der Waals surface area contributed by atoms with Crippen molar-refractivity contribution in [1.82, 2.24) is 4.98 Å². The van der Waals surface area contributed by atoms with Crippen molar-refractivity contribution >= 4 is 35.2 Å². The van der Waals surface area contributed by atoms with E-state index in [0.29, 0.717) is 21.5 Å². The van der Waals surface area contributed by atoms with Crippen molar-refractivity contribution < 1.29 is 33.0 Å².